The van der Waals surface area contributed by atoms with Crippen molar-refractivity contribution in [2.75, 3.05) is 37.8 Å². The predicted molar refractivity (Wildman–Crippen MR) is 73.2 cm³/mol. The standard InChI is InChI=1S/C10H20N2O4S2/c1-10(2-7-18(15,16)8-10)11-9(17)12(3-5-13)4-6-14/h13-14H,2-8H2,1H3,(H,11,17)/t10-/m0/s1. The van der Waals surface area contributed by atoms with Gasteiger partial charge < -0.3 is 20.4 Å². The summed E-state index contributed by atoms with van der Waals surface area (Å²) in [6.07, 6.45) is 0.515. The van der Waals surface area contributed by atoms with E-state index >= 15 is 0 Å². The Labute approximate surface area is 113 Å². The Hall–Kier alpha value is -0.440. The summed E-state index contributed by atoms with van der Waals surface area (Å²) in [7, 11) is -2.99. The second-order valence-corrected chi connectivity index (χ2v) is 7.34. The van der Waals surface area contributed by atoms with Crippen LogP contribution in [0.1, 0.15) is 13.3 Å². The average molecular weight is 296 g/mol. The summed E-state index contributed by atoms with van der Waals surface area (Å²) < 4.78 is 22.9. The number of nitrogens with zero attached hydrogens (tertiary/aromatic N) is 1. The molecule has 1 saturated heterocycles. The molecule has 1 heterocycles. The van der Waals surface area contributed by atoms with Crippen LogP contribution in [-0.2, 0) is 9.84 Å². The third kappa shape index (κ3) is 4.34. The lowest BCUT2D eigenvalue weighted by Crippen LogP contribution is -2.53. The van der Waals surface area contributed by atoms with Crippen molar-refractivity contribution < 1.29 is 18.6 Å². The summed E-state index contributed by atoms with van der Waals surface area (Å²) in [5.74, 6) is 0.228. The van der Waals surface area contributed by atoms with Crippen molar-refractivity contribution in [3.8, 4) is 0 Å². The molecule has 1 fully saturated rings. The Morgan fingerprint density at radius 3 is 2.33 bits per heavy atom. The number of hydrogen-bond acceptors (Lipinski definition) is 5. The molecule has 1 atom stereocenters. The number of thiocarbonyl (C=S) groups is 1. The van der Waals surface area contributed by atoms with Crippen LogP contribution in [0, 0.1) is 0 Å². The van der Waals surface area contributed by atoms with Crippen molar-refractivity contribution in [2.24, 2.45) is 0 Å². The van der Waals surface area contributed by atoms with Crippen LogP contribution in [0.2, 0.25) is 0 Å². The fourth-order valence-corrected chi connectivity index (χ4v) is 4.52. The quantitative estimate of drug-likeness (QED) is 0.545. The van der Waals surface area contributed by atoms with Gasteiger partial charge in [-0.1, -0.05) is 0 Å². The van der Waals surface area contributed by atoms with Crippen molar-refractivity contribution in [3.63, 3.8) is 0 Å². The summed E-state index contributed by atoms with van der Waals surface area (Å²) in [5, 5.41) is 21.2. The van der Waals surface area contributed by atoms with E-state index in [1.165, 1.54) is 0 Å². The molecule has 106 valence electrons. The van der Waals surface area contributed by atoms with Crippen molar-refractivity contribution in [1.82, 2.24) is 10.2 Å². The van der Waals surface area contributed by atoms with E-state index < -0.39 is 15.4 Å². The fourth-order valence-electron chi connectivity index (χ4n) is 2.00. The lowest BCUT2D eigenvalue weighted by Gasteiger charge is -2.31. The first kappa shape index (κ1) is 15.6. The van der Waals surface area contributed by atoms with Gasteiger partial charge in [-0.25, -0.2) is 8.42 Å². The highest BCUT2D eigenvalue weighted by Crippen LogP contribution is 2.23. The molecular weight excluding hydrogens is 276 g/mol. The molecule has 6 nitrogen and oxygen atoms in total. The highest BCUT2D eigenvalue weighted by Gasteiger charge is 2.39. The third-order valence-corrected chi connectivity index (χ3v) is 5.20. The molecule has 8 heteroatoms. The number of rotatable bonds is 5. The number of hydrogen-bond donors (Lipinski definition) is 3. The highest BCUT2D eigenvalue weighted by molar-refractivity contribution is 7.91. The van der Waals surface area contributed by atoms with Gasteiger partial charge >= 0.3 is 0 Å². The number of sulfone groups is 1. The maximum Gasteiger partial charge on any atom is 0.169 e. The minimum Gasteiger partial charge on any atom is -0.395 e. The topological polar surface area (TPSA) is 89.9 Å². The molecule has 0 amide bonds. The van der Waals surface area contributed by atoms with Gasteiger partial charge in [0.25, 0.3) is 0 Å². The first-order chi connectivity index (χ1) is 8.32. The zero-order valence-corrected chi connectivity index (χ0v) is 12.1. The molecule has 0 unspecified atom stereocenters. The van der Waals surface area contributed by atoms with Crippen LogP contribution in [0.5, 0.6) is 0 Å². The van der Waals surface area contributed by atoms with Gasteiger partial charge in [0.2, 0.25) is 0 Å². The minimum absolute atomic E-state index is 0.0617. The first-order valence-electron chi connectivity index (χ1n) is 5.81. The maximum absolute atomic E-state index is 11.5. The molecule has 0 saturated carbocycles. The second kappa shape index (κ2) is 6.14. The summed E-state index contributed by atoms with van der Waals surface area (Å²) >= 11 is 5.19. The van der Waals surface area contributed by atoms with Crippen LogP contribution in [0.15, 0.2) is 0 Å². The average Bonchev–Trinajstić information content (AvgIpc) is 2.52. The first-order valence-corrected chi connectivity index (χ1v) is 8.04. The Bertz CT molecular complexity index is 393. The molecule has 0 radical (unpaired) electrons. The maximum atomic E-state index is 11.5. The Morgan fingerprint density at radius 1 is 1.39 bits per heavy atom. The molecule has 0 spiro atoms. The Morgan fingerprint density at radius 2 is 1.94 bits per heavy atom. The van der Waals surface area contributed by atoms with E-state index in [2.05, 4.69) is 5.32 Å². The number of nitrogens with one attached hydrogen (secondary N) is 1. The molecule has 0 aromatic rings. The van der Waals surface area contributed by atoms with Gasteiger partial charge in [0.05, 0.1) is 30.3 Å². The molecular formula is C10H20N2O4S2. The van der Waals surface area contributed by atoms with Crippen LogP contribution in [0.4, 0.5) is 0 Å². The molecule has 3 N–H and O–H groups in total. The van der Waals surface area contributed by atoms with Crippen LogP contribution >= 0.6 is 12.2 Å². The zero-order valence-electron chi connectivity index (χ0n) is 10.4. The summed E-state index contributed by atoms with van der Waals surface area (Å²) in [5.41, 5.74) is -0.556. The summed E-state index contributed by atoms with van der Waals surface area (Å²) in [6, 6.07) is 0. The molecule has 0 aromatic heterocycles. The van der Waals surface area contributed by atoms with Crippen LogP contribution in [-0.4, -0.2) is 72.0 Å². The van der Waals surface area contributed by atoms with E-state index in [4.69, 9.17) is 22.4 Å². The van der Waals surface area contributed by atoms with Gasteiger partial charge in [0.1, 0.15) is 0 Å². The molecule has 18 heavy (non-hydrogen) atoms. The van der Waals surface area contributed by atoms with Gasteiger partial charge in [0.15, 0.2) is 14.9 Å². The third-order valence-electron chi connectivity index (χ3n) is 2.94. The van der Waals surface area contributed by atoms with E-state index in [1.54, 1.807) is 4.90 Å². The van der Waals surface area contributed by atoms with Gasteiger partial charge in [-0.15, -0.1) is 0 Å². The molecule has 0 aromatic carbocycles. The zero-order chi connectivity index (χ0) is 13.8. The predicted octanol–water partition coefficient (Wildman–Crippen LogP) is -1.28. The number of aliphatic hydroxyl groups excluding tert-OH is 2. The van der Waals surface area contributed by atoms with Crippen LogP contribution < -0.4 is 5.32 Å². The van der Waals surface area contributed by atoms with Crippen LogP contribution in [0.25, 0.3) is 0 Å². The molecule has 1 aliphatic rings. The van der Waals surface area contributed by atoms with E-state index in [0.717, 1.165) is 0 Å². The largest absolute Gasteiger partial charge is 0.395 e. The van der Waals surface area contributed by atoms with Crippen molar-refractivity contribution in [3.05, 3.63) is 0 Å². The van der Waals surface area contributed by atoms with E-state index in [9.17, 15) is 8.42 Å². The van der Waals surface area contributed by atoms with Crippen LogP contribution in [0.3, 0.4) is 0 Å². The normalized spacial score (nSPS) is 25.9. The summed E-state index contributed by atoms with van der Waals surface area (Å²) in [6.45, 7) is 2.30. The highest BCUT2D eigenvalue weighted by atomic mass is 32.2. The number of aliphatic hydroxyl groups is 2. The molecule has 0 aliphatic carbocycles. The second-order valence-electron chi connectivity index (χ2n) is 4.77. The molecule has 1 rings (SSSR count). The van der Waals surface area contributed by atoms with E-state index in [0.29, 0.717) is 24.6 Å². The van der Waals surface area contributed by atoms with E-state index in [1.807, 2.05) is 6.92 Å². The van der Waals surface area contributed by atoms with Crippen molar-refractivity contribution >= 4 is 27.2 Å². The molecule has 1 aliphatic heterocycles. The SMILES string of the molecule is C[C@]1(NC(=S)N(CCO)CCO)CCS(=O)(=O)C1. The van der Waals surface area contributed by atoms with Gasteiger partial charge in [-0.3, -0.25) is 0 Å². The summed E-state index contributed by atoms with van der Waals surface area (Å²) in [4.78, 5) is 1.63. The minimum atomic E-state index is -2.99. The van der Waals surface area contributed by atoms with Gasteiger partial charge in [-0.2, -0.15) is 0 Å². The lowest BCUT2D eigenvalue weighted by molar-refractivity contribution is 0.209. The smallest absolute Gasteiger partial charge is 0.169 e. The van der Waals surface area contributed by atoms with Gasteiger partial charge in [-0.05, 0) is 25.6 Å². The van der Waals surface area contributed by atoms with Crippen molar-refractivity contribution in [2.45, 2.75) is 18.9 Å². The van der Waals surface area contributed by atoms with Gasteiger partial charge in [0, 0.05) is 13.1 Å². The Balaban J connectivity index is 2.63. The lowest BCUT2D eigenvalue weighted by atomic mass is 10.0. The van der Waals surface area contributed by atoms with E-state index in [-0.39, 0.29) is 24.7 Å². The fraction of sp³-hybridized carbons (Fsp3) is 0.900. The van der Waals surface area contributed by atoms with Crippen molar-refractivity contribution in [1.29, 1.82) is 0 Å². The Kier molecular flexibility index (Phi) is 5.32. The monoisotopic (exact) mass is 296 g/mol. The molecule has 0 bridgehead atoms.